The van der Waals surface area contributed by atoms with E-state index in [0.29, 0.717) is 6.54 Å². The smallest absolute Gasteiger partial charge is 0.224 e. The Morgan fingerprint density at radius 1 is 1.14 bits per heavy atom. The third-order valence-electron chi connectivity index (χ3n) is 5.78. The minimum Gasteiger partial charge on any atom is -0.348 e. The highest BCUT2D eigenvalue weighted by atomic mass is 32.2. The predicted molar refractivity (Wildman–Crippen MR) is 110 cm³/mol. The number of carbonyl (C=O) groups is 1. The minimum absolute atomic E-state index is 0.0451. The number of nitrogens with zero attached hydrogens (tertiary/aromatic N) is 3. The van der Waals surface area contributed by atoms with E-state index in [2.05, 4.69) is 22.2 Å². The summed E-state index contributed by atoms with van der Waals surface area (Å²) in [5, 5.41) is 3.22. The first-order valence-electron chi connectivity index (χ1n) is 10.0. The number of hydrogen-bond donors (Lipinski definition) is 1. The minimum atomic E-state index is -3.26. The summed E-state index contributed by atoms with van der Waals surface area (Å²) in [5.41, 5.74) is 1.09. The molecule has 1 amide bonds. The molecule has 2 aliphatic rings. The van der Waals surface area contributed by atoms with Crippen LogP contribution in [0.5, 0.6) is 0 Å². The quantitative estimate of drug-likeness (QED) is 0.753. The van der Waals surface area contributed by atoms with E-state index in [9.17, 15) is 13.2 Å². The van der Waals surface area contributed by atoms with Gasteiger partial charge in [-0.3, -0.25) is 9.69 Å². The summed E-state index contributed by atoms with van der Waals surface area (Å²) in [6.07, 6.45) is 2.67. The van der Waals surface area contributed by atoms with E-state index in [0.717, 1.165) is 51.1 Å². The molecule has 2 unspecified atom stereocenters. The second-order valence-corrected chi connectivity index (χ2v) is 10.0. The number of hydrogen-bond acceptors (Lipinski definition) is 5. The molecular weight excluding hydrogens is 376 g/mol. The van der Waals surface area contributed by atoms with Crippen molar-refractivity contribution < 1.29 is 13.2 Å². The molecule has 28 heavy (non-hydrogen) atoms. The van der Waals surface area contributed by atoms with Gasteiger partial charge in [0.2, 0.25) is 15.9 Å². The van der Waals surface area contributed by atoms with Crippen molar-refractivity contribution in [2.24, 2.45) is 5.92 Å². The zero-order valence-electron chi connectivity index (χ0n) is 16.9. The fourth-order valence-corrected chi connectivity index (χ4v) is 4.87. The summed E-state index contributed by atoms with van der Waals surface area (Å²) in [6, 6.07) is 9.96. The maximum Gasteiger partial charge on any atom is 0.224 e. The molecule has 1 aromatic carbocycles. The van der Waals surface area contributed by atoms with Crippen molar-refractivity contribution in [1.29, 1.82) is 0 Å². The Hall–Kier alpha value is -1.48. The van der Waals surface area contributed by atoms with Crippen molar-refractivity contribution >= 4 is 15.9 Å². The van der Waals surface area contributed by atoms with E-state index in [1.54, 1.807) is 0 Å². The van der Waals surface area contributed by atoms with Gasteiger partial charge in [-0.2, -0.15) is 0 Å². The van der Waals surface area contributed by atoms with Crippen LogP contribution in [0, 0.1) is 5.92 Å². The summed E-state index contributed by atoms with van der Waals surface area (Å²) < 4.78 is 25.2. The van der Waals surface area contributed by atoms with Gasteiger partial charge in [-0.05, 0) is 25.5 Å². The number of nitrogens with one attached hydrogen (secondary N) is 1. The van der Waals surface area contributed by atoms with Crippen LogP contribution < -0.4 is 5.32 Å². The molecule has 8 heteroatoms. The van der Waals surface area contributed by atoms with Gasteiger partial charge in [0.25, 0.3) is 0 Å². The number of amides is 1. The SMILES string of the molecule is CN1CCN(CC(NC(=O)C2CCCN(S(C)(=O)=O)C2)c2ccccc2)CC1. The van der Waals surface area contributed by atoms with Crippen LogP contribution in [-0.2, 0) is 14.8 Å². The fourth-order valence-electron chi connectivity index (χ4n) is 3.96. The van der Waals surface area contributed by atoms with Gasteiger partial charge in [0, 0.05) is 45.8 Å². The van der Waals surface area contributed by atoms with Crippen LogP contribution in [0.2, 0.25) is 0 Å². The fraction of sp³-hybridized carbons (Fsp3) is 0.650. The Kier molecular flexibility index (Phi) is 7.09. The van der Waals surface area contributed by atoms with Gasteiger partial charge in [-0.15, -0.1) is 0 Å². The van der Waals surface area contributed by atoms with Crippen LogP contribution in [0.3, 0.4) is 0 Å². The van der Waals surface area contributed by atoms with Crippen LogP contribution in [-0.4, -0.2) is 87.5 Å². The Bertz CT molecular complexity index is 748. The van der Waals surface area contributed by atoms with Crippen molar-refractivity contribution in [1.82, 2.24) is 19.4 Å². The molecule has 1 N–H and O–H groups in total. The lowest BCUT2D eigenvalue weighted by molar-refractivity contribution is -0.127. The Labute approximate surface area is 168 Å². The van der Waals surface area contributed by atoms with E-state index in [4.69, 9.17) is 0 Å². The number of likely N-dealkylation sites (N-methyl/N-ethyl adjacent to an activating group) is 1. The summed E-state index contributed by atoms with van der Waals surface area (Å²) in [6.45, 7) is 5.59. The first kappa shape index (κ1) is 21.2. The molecule has 2 saturated heterocycles. The van der Waals surface area contributed by atoms with E-state index in [-0.39, 0.29) is 24.4 Å². The molecule has 0 bridgehead atoms. The Balaban J connectivity index is 1.67. The van der Waals surface area contributed by atoms with Crippen molar-refractivity contribution in [2.45, 2.75) is 18.9 Å². The van der Waals surface area contributed by atoms with Gasteiger partial charge in [-0.1, -0.05) is 30.3 Å². The second kappa shape index (κ2) is 9.35. The molecule has 7 nitrogen and oxygen atoms in total. The number of piperidine rings is 1. The highest BCUT2D eigenvalue weighted by Crippen LogP contribution is 2.21. The standard InChI is InChI=1S/C20H32N4O3S/c1-22-11-13-23(14-12-22)16-19(17-7-4-3-5-8-17)21-20(25)18-9-6-10-24(15-18)28(2,26)27/h3-5,7-8,18-19H,6,9-16H2,1-2H3,(H,21,25). The molecule has 2 fully saturated rings. The van der Waals surface area contributed by atoms with Crippen LogP contribution in [0.15, 0.2) is 30.3 Å². The third kappa shape index (κ3) is 5.76. The molecule has 2 aliphatic heterocycles. The predicted octanol–water partition coefficient (Wildman–Crippen LogP) is 0.763. The van der Waals surface area contributed by atoms with Gasteiger partial charge in [0.1, 0.15) is 0 Å². The second-order valence-electron chi connectivity index (χ2n) is 8.04. The van der Waals surface area contributed by atoms with Crippen LogP contribution in [0.4, 0.5) is 0 Å². The molecule has 0 spiro atoms. The molecule has 156 valence electrons. The van der Waals surface area contributed by atoms with Gasteiger partial charge >= 0.3 is 0 Å². The van der Waals surface area contributed by atoms with E-state index >= 15 is 0 Å². The van der Waals surface area contributed by atoms with Crippen molar-refractivity contribution in [2.75, 3.05) is 59.1 Å². The summed E-state index contributed by atoms with van der Waals surface area (Å²) in [7, 11) is -1.13. The average molecular weight is 409 g/mol. The average Bonchev–Trinajstić information content (AvgIpc) is 2.69. The number of carbonyl (C=O) groups excluding carboxylic acids is 1. The lowest BCUT2D eigenvalue weighted by Crippen LogP contribution is -2.50. The maximum atomic E-state index is 13.0. The molecular formula is C20H32N4O3S. The zero-order valence-corrected chi connectivity index (χ0v) is 17.7. The van der Waals surface area contributed by atoms with E-state index in [1.807, 2.05) is 30.3 Å². The highest BCUT2D eigenvalue weighted by Gasteiger charge is 2.31. The zero-order chi connectivity index (χ0) is 20.1. The van der Waals surface area contributed by atoms with Gasteiger partial charge in [0.15, 0.2) is 0 Å². The number of piperazine rings is 1. The highest BCUT2D eigenvalue weighted by molar-refractivity contribution is 7.88. The van der Waals surface area contributed by atoms with E-state index in [1.165, 1.54) is 10.6 Å². The largest absolute Gasteiger partial charge is 0.348 e. The number of benzene rings is 1. The summed E-state index contributed by atoms with van der Waals surface area (Å²) >= 11 is 0. The Morgan fingerprint density at radius 2 is 1.82 bits per heavy atom. The number of rotatable bonds is 6. The molecule has 0 radical (unpaired) electrons. The topological polar surface area (TPSA) is 73.0 Å². The van der Waals surface area contributed by atoms with Crippen molar-refractivity contribution in [3.05, 3.63) is 35.9 Å². The van der Waals surface area contributed by atoms with Gasteiger partial charge in [0.05, 0.1) is 18.2 Å². The normalized spacial score (nSPS) is 24.0. The summed E-state index contributed by atoms with van der Waals surface area (Å²) in [4.78, 5) is 17.7. The number of sulfonamides is 1. The molecule has 2 atom stereocenters. The first-order chi connectivity index (χ1) is 13.3. The van der Waals surface area contributed by atoms with Crippen LogP contribution in [0.25, 0.3) is 0 Å². The van der Waals surface area contributed by atoms with Crippen LogP contribution >= 0.6 is 0 Å². The molecule has 0 aliphatic carbocycles. The van der Waals surface area contributed by atoms with Crippen molar-refractivity contribution in [3.63, 3.8) is 0 Å². The first-order valence-corrected chi connectivity index (χ1v) is 11.9. The molecule has 2 heterocycles. The molecule has 0 aromatic heterocycles. The third-order valence-corrected chi connectivity index (χ3v) is 7.05. The maximum absolute atomic E-state index is 13.0. The molecule has 3 rings (SSSR count). The monoisotopic (exact) mass is 408 g/mol. The van der Waals surface area contributed by atoms with E-state index < -0.39 is 10.0 Å². The van der Waals surface area contributed by atoms with Crippen molar-refractivity contribution in [3.8, 4) is 0 Å². The lowest BCUT2D eigenvalue weighted by atomic mass is 9.97. The molecule has 1 aromatic rings. The van der Waals surface area contributed by atoms with Gasteiger partial charge in [-0.25, -0.2) is 12.7 Å². The Morgan fingerprint density at radius 3 is 2.46 bits per heavy atom. The summed E-state index contributed by atoms with van der Waals surface area (Å²) in [5.74, 6) is -0.335. The lowest BCUT2D eigenvalue weighted by Gasteiger charge is -2.36. The molecule has 0 saturated carbocycles. The van der Waals surface area contributed by atoms with Crippen LogP contribution in [0.1, 0.15) is 24.4 Å². The van der Waals surface area contributed by atoms with Gasteiger partial charge < -0.3 is 10.2 Å².